The topological polar surface area (TPSA) is 3.24 Å². The van der Waals surface area contributed by atoms with Crippen molar-refractivity contribution >= 4 is 5.57 Å². The van der Waals surface area contributed by atoms with Crippen LogP contribution in [0.2, 0.25) is 0 Å². The molecule has 0 atom stereocenters. The summed E-state index contributed by atoms with van der Waals surface area (Å²) in [5.74, 6) is 0. The fourth-order valence-electron chi connectivity index (χ4n) is 2.72. The summed E-state index contributed by atoms with van der Waals surface area (Å²) in [5.41, 5.74) is 7.38. The van der Waals surface area contributed by atoms with Gasteiger partial charge in [-0.25, -0.2) is 0 Å². The number of hydrogen-bond acceptors (Lipinski definition) is 1. The summed E-state index contributed by atoms with van der Waals surface area (Å²) in [6.07, 6.45) is 11.1. The first-order valence-electron chi connectivity index (χ1n) is 9.03. The van der Waals surface area contributed by atoms with Gasteiger partial charge in [-0.3, -0.25) is 0 Å². The Kier molecular flexibility index (Phi) is 8.77. The minimum absolute atomic E-state index is 0.869. The zero-order valence-corrected chi connectivity index (χ0v) is 16.4. The van der Waals surface area contributed by atoms with Gasteiger partial charge >= 0.3 is 0 Å². The van der Waals surface area contributed by atoms with Crippen LogP contribution in [0, 0.1) is 6.92 Å². The standard InChI is InChI=1S/C24H33N/c1-8-11-12-19(4)21(6)16-24-17-23(14-13-20(24)5)22(10-3)18-25(7)15-9-2/h8,10,12-14,17-18H,1,3,6,9,11,15-16H2,2,4-5,7H3/b19-12+,22-18+. The van der Waals surface area contributed by atoms with Gasteiger partial charge in [0.05, 0.1) is 0 Å². The van der Waals surface area contributed by atoms with Crippen LogP contribution >= 0.6 is 0 Å². The van der Waals surface area contributed by atoms with Crippen LogP contribution in [0.15, 0.2) is 73.5 Å². The Bertz CT molecular complexity index is 673. The Labute approximate surface area is 154 Å². The van der Waals surface area contributed by atoms with E-state index >= 15 is 0 Å². The Morgan fingerprint density at radius 1 is 1.24 bits per heavy atom. The molecule has 134 valence electrons. The molecule has 0 aliphatic rings. The molecule has 1 nitrogen and oxygen atoms in total. The average molecular weight is 336 g/mol. The van der Waals surface area contributed by atoms with Crippen LogP contribution in [-0.2, 0) is 6.42 Å². The summed E-state index contributed by atoms with van der Waals surface area (Å²) in [4.78, 5) is 2.22. The van der Waals surface area contributed by atoms with Crippen molar-refractivity contribution in [3.8, 4) is 0 Å². The molecule has 0 unspecified atom stereocenters. The Balaban J connectivity index is 3.08. The van der Waals surface area contributed by atoms with Crippen molar-refractivity contribution in [1.82, 2.24) is 4.90 Å². The summed E-state index contributed by atoms with van der Waals surface area (Å²) < 4.78 is 0. The number of hydrogen-bond donors (Lipinski definition) is 0. The fraction of sp³-hybridized carbons (Fsp3) is 0.333. The molecule has 0 amide bonds. The lowest BCUT2D eigenvalue weighted by atomic mass is 9.93. The van der Waals surface area contributed by atoms with Gasteiger partial charge in [0.2, 0.25) is 0 Å². The zero-order valence-electron chi connectivity index (χ0n) is 16.4. The number of benzene rings is 1. The highest BCUT2D eigenvalue weighted by molar-refractivity contribution is 5.74. The first-order valence-corrected chi connectivity index (χ1v) is 9.03. The molecule has 25 heavy (non-hydrogen) atoms. The van der Waals surface area contributed by atoms with E-state index in [0.717, 1.165) is 37.0 Å². The molecule has 0 bridgehead atoms. The lowest BCUT2D eigenvalue weighted by molar-refractivity contribution is 0.456. The SMILES string of the molecule is C=CC/C=C(\C)C(=C)Cc1cc(/C(C=C)=C/N(C)CCC)ccc1C. The zero-order chi connectivity index (χ0) is 18.8. The number of rotatable bonds is 10. The molecule has 0 saturated heterocycles. The monoisotopic (exact) mass is 335 g/mol. The molecule has 0 radical (unpaired) electrons. The first-order chi connectivity index (χ1) is 11.9. The van der Waals surface area contributed by atoms with Crippen LogP contribution in [-0.4, -0.2) is 18.5 Å². The number of allylic oxidation sites excluding steroid dienone is 6. The molecule has 0 aliphatic heterocycles. The average Bonchev–Trinajstić information content (AvgIpc) is 2.59. The Hall–Kier alpha value is -2.28. The van der Waals surface area contributed by atoms with Crippen LogP contribution in [0.1, 0.15) is 43.4 Å². The minimum Gasteiger partial charge on any atom is -0.380 e. The van der Waals surface area contributed by atoms with Gasteiger partial charge in [-0.05, 0) is 60.9 Å². The van der Waals surface area contributed by atoms with Crippen LogP contribution in [0.3, 0.4) is 0 Å². The molecule has 1 aromatic rings. The second-order valence-corrected chi connectivity index (χ2v) is 6.60. The van der Waals surface area contributed by atoms with Crippen LogP contribution in [0.4, 0.5) is 0 Å². The van der Waals surface area contributed by atoms with Crippen LogP contribution in [0.5, 0.6) is 0 Å². The van der Waals surface area contributed by atoms with Gasteiger partial charge in [0.15, 0.2) is 0 Å². The quantitative estimate of drug-likeness (QED) is 0.349. The maximum absolute atomic E-state index is 4.27. The molecule has 0 saturated carbocycles. The van der Waals surface area contributed by atoms with E-state index in [9.17, 15) is 0 Å². The number of aryl methyl sites for hydroxylation is 1. The largest absolute Gasteiger partial charge is 0.380 e. The van der Waals surface area contributed by atoms with Crippen LogP contribution < -0.4 is 0 Å². The van der Waals surface area contributed by atoms with E-state index in [0.29, 0.717) is 0 Å². The fourth-order valence-corrected chi connectivity index (χ4v) is 2.72. The summed E-state index contributed by atoms with van der Waals surface area (Å²) in [6.45, 7) is 19.6. The smallest absolute Gasteiger partial charge is 0.0166 e. The highest BCUT2D eigenvalue weighted by Gasteiger charge is 2.07. The van der Waals surface area contributed by atoms with Crippen molar-refractivity contribution in [2.75, 3.05) is 13.6 Å². The molecular weight excluding hydrogens is 302 g/mol. The van der Waals surface area contributed by atoms with Gasteiger partial charge in [-0.1, -0.05) is 62.1 Å². The van der Waals surface area contributed by atoms with E-state index in [1.165, 1.54) is 22.3 Å². The predicted octanol–water partition coefficient (Wildman–Crippen LogP) is 6.48. The van der Waals surface area contributed by atoms with Crippen molar-refractivity contribution in [2.45, 2.75) is 40.0 Å². The van der Waals surface area contributed by atoms with E-state index in [1.807, 2.05) is 12.2 Å². The van der Waals surface area contributed by atoms with E-state index in [1.54, 1.807) is 0 Å². The summed E-state index contributed by atoms with van der Waals surface area (Å²) in [5, 5.41) is 0. The molecule has 0 fully saturated rings. The third-order valence-corrected chi connectivity index (χ3v) is 4.39. The molecule has 1 aromatic carbocycles. The lowest BCUT2D eigenvalue weighted by Crippen LogP contribution is -2.11. The molecular formula is C24H33N. The third-order valence-electron chi connectivity index (χ3n) is 4.39. The van der Waals surface area contributed by atoms with Crippen molar-refractivity contribution in [3.63, 3.8) is 0 Å². The molecule has 0 heterocycles. The molecule has 0 spiro atoms. The molecule has 0 aliphatic carbocycles. The van der Waals surface area contributed by atoms with Crippen molar-refractivity contribution in [2.24, 2.45) is 0 Å². The van der Waals surface area contributed by atoms with Gasteiger partial charge < -0.3 is 4.90 Å². The second-order valence-electron chi connectivity index (χ2n) is 6.60. The van der Waals surface area contributed by atoms with E-state index in [2.05, 4.69) is 82.9 Å². The van der Waals surface area contributed by atoms with Crippen molar-refractivity contribution < 1.29 is 0 Å². The summed E-state index contributed by atoms with van der Waals surface area (Å²) >= 11 is 0. The second kappa shape index (κ2) is 10.6. The van der Waals surface area contributed by atoms with Gasteiger partial charge in [0.25, 0.3) is 0 Å². The molecule has 1 rings (SSSR count). The van der Waals surface area contributed by atoms with E-state index in [4.69, 9.17) is 0 Å². The Morgan fingerprint density at radius 2 is 1.96 bits per heavy atom. The predicted molar refractivity (Wildman–Crippen MR) is 114 cm³/mol. The third kappa shape index (κ3) is 6.62. The molecule has 0 aromatic heterocycles. The molecule has 1 heteroatoms. The van der Waals surface area contributed by atoms with E-state index in [-0.39, 0.29) is 0 Å². The maximum Gasteiger partial charge on any atom is 0.0166 e. The normalized spacial score (nSPS) is 12.0. The molecule has 0 N–H and O–H groups in total. The highest BCUT2D eigenvalue weighted by Crippen LogP contribution is 2.23. The highest BCUT2D eigenvalue weighted by atomic mass is 15.1. The first kappa shape index (κ1) is 20.8. The van der Waals surface area contributed by atoms with E-state index < -0.39 is 0 Å². The summed E-state index contributed by atoms with van der Waals surface area (Å²) in [6, 6.07) is 6.64. The van der Waals surface area contributed by atoms with Crippen molar-refractivity contribution in [1.29, 1.82) is 0 Å². The van der Waals surface area contributed by atoms with Gasteiger partial charge in [0, 0.05) is 19.8 Å². The summed E-state index contributed by atoms with van der Waals surface area (Å²) in [7, 11) is 2.11. The van der Waals surface area contributed by atoms with Gasteiger partial charge in [-0.2, -0.15) is 0 Å². The number of nitrogens with zero attached hydrogens (tertiary/aromatic N) is 1. The Morgan fingerprint density at radius 3 is 2.56 bits per heavy atom. The van der Waals surface area contributed by atoms with Gasteiger partial charge in [-0.15, -0.1) is 6.58 Å². The van der Waals surface area contributed by atoms with Crippen LogP contribution in [0.25, 0.3) is 5.57 Å². The minimum atomic E-state index is 0.869. The van der Waals surface area contributed by atoms with Gasteiger partial charge in [0.1, 0.15) is 0 Å². The van der Waals surface area contributed by atoms with Crippen molar-refractivity contribution in [3.05, 3.63) is 90.2 Å². The lowest BCUT2D eigenvalue weighted by Gasteiger charge is -2.16. The maximum atomic E-state index is 4.27.